The molecule has 0 aliphatic carbocycles. The Bertz CT molecular complexity index is 1080. The van der Waals surface area contributed by atoms with E-state index in [0.717, 1.165) is 15.4 Å². The van der Waals surface area contributed by atoms with Gasteiger partial charge in [0.25, 0.3) is 0 Å². The number of nitrogen functional groups attached to an aromatic ring is 1. The maximum atomic E-state index is 13.4. The van der Waals surface area contributed by atoms with E-state index >= 15 is 0 Å². The fourth-order valence-electron chi connectivity index (χ4n) is 2.95. The van der Waals surface area contributed by atoms with E-state index < -0.39 is 43.9 Å². The average Bonchev–Trinajstić information content (AvgIpc) is 3.13. The minimum Gasteiger partial charge on any atom is -0.468 e. The smallest absolute Gasteiger partial charge is 0.459 e. The second-order valence-corrected chi connectivity index (χ2v) is 9.66. The number of rotatable bonds is 9. The highest BCUT2D eigenvalue weighted by molar-refractivity contribution is 9.10. The summed E-state index contributed by atoms with van der Waals surface area (Å²) in [4.78, 5) is 31.1. The third kappa shape index (κ3) is 6.59. The number of carbonyl (C=O) groups excluding carboxylic acids is 1. The number of hydrogen-bond donors (Lipinski definition) is 3. The molecular weight excluding hydrogens is 525 g/mol. The molecular formula is C18H23BrN5O8P. The summed E-state index contributed by atoms with van der Waals surface area (Å²) in [5.41, 5.74) is 4.69. The molecule has 180 valence electrons. The molecule has 0 saturated carbocycles. The molecule has 1 fully saturated rings. The number of esters is 1. The van der Waals surface area contributed by atoms with Gasteiger partial charge in [0.15, 0.2) is 0 Å². The van der Waals surface area contributed by atoms with Crippen LogP contribution in [-0.2, 0) is 23.4 Å². The normalized spacial score (nSPS) is 23.0. The van der Waals surface area contributed by atoms with Crippen LogP contribution in [0, 0.1) is 0 Å². The molecule has 5 atom stereocenters. The quantitative estimate of drug-likeness (QED) is 0.300. The van der Waals surface area contributed by atoms with Gasteiger partial charge in [-0.15, -0.1) is 0 Å². The number of aromatic nitrogens is 3. The molecule has 0 radical (unpaired) electrons. The first-order chi connectivity index (χ1) is 15.6. The molecule has 0 amide bonds. The predicted octanol–water partition coefficient (Wildman–Crippen LogP) is 0.986. The number of hydrogen-bond acceptors (Lipinski definition) is 11. The molecule has 1 saturated heterocycles. The number of aliphatic hydroxyl groups is 1. The second-order valence-electron chi connectivity index (χ2n) is 7.05. The molecule has 1 aromatic carbocycles. The van der Waals surface area contributed by atoms with Crippen LogP contribution in [0.4, 0.5) is 5.95 Å². The molecule has 3 rings (SSSR count). The molecule has 0 bridgehead atoms. The van der Waals surface area contributed by atoms with E-state index in [2.05, 4.69) is 35.7 Å². The Morgan fingerprint density at radius 1 is 1.45 bits per heavy atom. The van der Waals surface area contributed by atoms with Gasteiger partial charge >= 0.3 is 19.4 Å². The number of ether oxygens (including phenoxy) is 2. The van der Waals surface area contributed by atoms with Gasteiger partial charge in [-0.05, 0) is 31.2 Å². The molecule has 1 aliphatic rings. The van der Waals surface area contributed by atoms with Crippen molar-refractivity contribution in [3.63, 3.8) is 0 Å². The van der Waals surface area contributed by atoms with Gasteiger partial charge in [-0.3, -0.25) is 13.9 Å². The van der Waals surface area contributed by atoms with E-state index in [9.17, 15) is 19.3 Å². The van der Waals surface area contributed by atoms with Crippen molar-refractivity contribution in [3.05, 3.63) is 45.5 Å². The molecule has 0 spiro atoms. The number of methoxy groups -OCH3 is 1. The number of anilines is 1. The van der Waals surface area contributed by atoms with E-state index in [1.165, 1.54) is 14.0 Å². The summed E-state index contributed by atoms with van der Waals surface area (Å²) in [7, 11) is -2.95. The summed E-state index contributed by atoms with van der Waals surface area (Å²) in [5, 5.41) is 12.9. The Morgan fingerprint density at radius 2 is 2.15 bits per heavy atom. The van der Waals surface area contributed by atoms with Gasteiger partial charge in [-0.1, -0.05) is 15.9 Å². The molecule has 5 unspecified atom stereocenters. The summed E-state index contributed by atoms with van der Waals surface area (Å²) in [6, 6.07) is 5.42. The maximum absolute atomic E-state index is 13.4. The summed E-state index contributed by atoms with van der Waals surface area (Å²) < 4.78 is 36.6. The van der Waals surface area contributed by atoms with Gasteiger partial charge in [-0.2, -0.15) is 10.1 Å². The number of aliphatic hydroxyl groups excluding tert-OH is 1. The minimum absolute atomic E-state index is 0.0328. The van der Waals surface area contributed by atoms with Gasteiger partial charge in [-0.25, -0.2) is 14.3 Å². The summed E-state index contributed by atoms with van der Waals surface area (Å²) in [6.07, 6.45) is -1.71. The van der Waals surface area contributed by atoms with Gasteiger partial charge in [0, 0.05) is 10.9 Å². The Balaban J connectivity index is 1.72. The number of halogens is 1. The first-order valence-electron chi connectivity index (χ1n) is 9.70. The van der Waals surface area contributed by atoms with Crippen molar-refractivity contribution in [2.75, 3.05) is 19.5 Å². The van der Waals surface area contributed by atoms with Crippen LogP contribution < -0.4 is 21.0 Å². The number of benzene rings is 1. The Hall–Kier alpha value is -2.35. The summed E-state index contributed by atoms with van der Waals surface area (Å²) in [5.74, 6) is -0.660. The highest BCUT2D eigenvalue weighted by Gasteiger charge is 2.39. The molecule has 33 heavy (non-hydrogen) atoms. The summed E-state index contributed by atoms with van der Waals surface area (Å²) >= 11 is 3.29. The topological polar surface area (TPSA) is 177 Å². The largest absolute Gasteiger partial charge is 0.468 e. The van der Waals surface area contributed by atoms with E-state index in [-0.39, 0.29) is 24.7 Å². The van der Waals surface area contributed by atoms with Crippen molar-refractivity contribution in [2.24, 2.45) is 0 Å². The van der Waals surface area contributed by atoms with Crippen LogP contribution in [0.3, 0.4) is 0 Å². The van der Waals surface area contributed by atoms with Crippen LogP contribution in [0.2, 0.25) is 0 Å². The second kappa shape index (κ2) is 10.7. The summed E-state index contributed by atoms with van der Waals surface area (Å²) in [6.45, 7) is 1.05. The predicted molar refractivity (Wildman–Crippen MR) is 118 cm³/mol. The SMILES string of the molecule is COC(=O)C(C)NP(=O)(OCC1OC(n2cnc(N)nc2=O)CC1O)Oc1ccc(Br)cc1. The van der Waals surface area contributed by atoms with E-state index in [0.29, 0.717) is 0 Å². The molecule has 15 heteroatoms. The average molecular weight is 548 g/mol. The van der Waals surface area contributed by atoms with Crippen molar-refractivity contribution < 1.29 is 33.0 Å². The first-order valence-corrected chi connectivity index (χ1v) is 12.0. The zero-order valence-electron chi connectivity index (χ0n) is 17.7. The molecule has 13 nitrogen and oxygen atoms in total. The lowest BCUT2D eigenvalue weighted by Crippen LogP contribution is -2.36. The highest BCUT2D eigenvalue weighted by atomic mass is 79.9. The highest BCUT2D eigenvalue weighted by Crippen LogP contribution is 2.46. The third-order valence-electron chi connectivity index (χ3n) is 4.61. The van der Waals surface area contributed by atoms with Crippen LogP contribution in [0.5, 0.6) is 5.75 Å². The zero-order valence-corrected chi connectivity index (χ0v) is 20.1. The van der Waals surface area contributed by atoms with Crippen molar-refractivity contribution in [2.45, 2.75) is 37.8 Å². The van der Waals surface area contributed by atoms with Crippen LogP contribution in [0.15, 0.2) is 39.9 Å². The molecule has 2 heterocycles. The lowest BCUT2D eigenvalue weighted by atomic mass is 10.2. The standard InChI is InChI=1S/C18H23BrN5O8P/c1-10(16(26)29-2)23-33(28,32-12-5-3-11(19)4-6-12)30-8-14-13(25)7-15(31-14)24-9-21-17(20)22-18(24)27/h3-6,9-10,13-15,25H,7-8H2,1-2H3,(H,23,28)(H2,20,22,27). The Kier molecular flexibility index (Phi) is 8.21. The molecule has 2 aromatic rings. The molecule has 1 aliphatic heterocycles. The molecule has 1 aromatic heterocycles. The van der Waals surface area contributed by atoms with E-state index in [1.54, 1.807) is 24.3 Å². The van der Waals surface area contributed by atoms with Crippen LogP contribution >= 0.6 is 23.7 Å². The fraction of sp³-hybridized carbons (Fsp3) is 0.444. The van der Waals surface area contributed by atoms with Gasteiger partial charge in [0.05, 0.1) is 19.8 Å². The number of nitrogens with one attached hydrogen (secondary N) is 1. The van der Waals surface area contributed by atoms with Crippen LogP contribution in [0.25, 0.3) is 0 Å². The van der Waals surface area contributed by atoms with Gasteiger partial charge in [0.1, 0.15) is 30.5 Å². The lowest BCUT2D eigenvalue weighted by Gasteiger charge is -2.24. The van der Waals surface area contributed by atoms with E-state index in [4.69, 9.17) is 19.5 Å². The van der Waals surface area contributed by atoms with Crippen molar-refractivity contribution >= 4 is 35.6 Å². The molecule has 4 N–H and O–H groups in total. The van der Waals surface area contributed by atoms with Gasteiger partial charge < -0.3 is 24.8 Å². The van der Waals surface area contributed by atoms with Crippen LogP contribution in [0.1, 0.15) is 19.6 Å². The van der Waals surface area contributed by atoms with E-state index in [1.807, 2.05) is 0 Å². The monoisotopic (exact) mass is 547 g/mol. The minimum atomic E-state index is -4.13. The van der Waals surface area contributed by atoms with Gasteiger partial charge in [0.2, 0.25) is 5.95 Å². The number of nitrogens with two attached hydrogens (primary N) is 1. The first kappa shape index (κ1) is 25.3. The Labute approximate surface area is 196 Å². The van der Waals surface area contributed by atoms with Crippen LogP contribution in [-0.4, -0.2) is 57.6 Å². The fourth-order valence-corrected chi connectivity index (χ4v) is 4.72. The van der Waals surface area contributed by atoms with Crippen molar-refractivity contribution in [3.8, 4) is 5.75 Å². The third-order valence-corrected chi connectivity index (χ3v) is 6.79. The number of carbonyl (C=O) groups is 1. The zero-order chi connectivity index (χ0) is 24.2. The number of nitrogens with zero attached hydrogens (tertiary/aromatic N) is 3. The van der Waals surface area contributed by atoms with Crippen molar-refractivity contribution in [1.29, 1.82) is 0 Å². The Morgan fingerprint density at radius 3 is 2.79 bits per heavy atom. The maximum Gasteiger partial charge on any atom is 0.459 e. The lowest BCUT2D eigenvalue weighted by molar-refractivity contribution is -0.142. The van der Waals surface area contributed by atoms with Crippen molar-refractivity contribution in [1.82, 2.24) is 19.6 Å².